The second-order valence-corrected chi connectivity index (χ2v) is 18.8. The van der Waals surface area contributed by atoms with Crippen LogP contribution in [0.4, 0.5) is 5.69 Å². The van der Waals surface area contributed by atoms with Crippen LogP contribution < -0.4 is 20.3 Å². The normalized spacial score (nSPS) is 28.1. The molecule has 3 aromatic rings. The number of fused-ring (bicyclic) bond motifs is 6. The van der Waals surface area contributed by atoms with E-state index in [1.54, 1.807) is 22.3 Å². The average Bonchev–Trinajstić information content (AvgIpc) is 3.90. The lowest BCUT2D eigenvalue weighted by Crippen LogP contribution is -2.44. The fourth-order valence-electron chi connectivity index (χ4n) is 12.1. The lowest BCUT2D eigenvalue weighted by molar-refractivity contribution is 0.204. The Morgan fingerprint density at radius 1 is 0.623 bits per heavy atom. The zero-order valence-corrected chi connectivity index (χ0v) is 35.4. The van der Waals surface area contributed by atoms with Gasteiger partial charge >= 0.3 is 0 Å². The Bertz CT molecular complexity index is 2710. The van der Waals surface area contributed by atoms with Crippen molar-refractivity contribution in [3.05, 3.63) is 188 Å². The van der Waals surface area contributed by atoms with Gasteiger partial charge in [0, 0.05) is 51.4 Å². The summed E-state index contributed by atoms with van der Waals surface area (Å²) in [7, 11) is 0. The molecular formula is C58H57NO2. The average molecular weight is 800 g/mol. The number of benzene rings is 2. The highest BCUT2D eigenvalue weighted by Gasteiger charge is 2.38. The van der Waals surface area contributed by atoms with E-state index in [2.05, 4.69) is 145 Å². The zero-order chi connectivity index (χ0) is 40.3. The third-order valence-electron chi connectivity index (χ3n) is 15.4. The van der Waals surface area contributed by atoms with Crippen molar-refractivity contribution in [3.63, 3.8) is 0 Å². The predicted octanol–water partition coefficient (Wildman–Crippen LogP) is 12.7. The number of allylic oxidation sites excluding steroid dienone is 15. The van der Waals surface area contributed by atoms with Crippen molar-refractivity contribution in [3.8, 4) is 5.75 Å². The molecule has 0 N–H and O–H groups in total. The Balaban J connectivity index is 0.814. The number of hydrogen-bond acceptors (Lipinski definition) is 3. The highest BCUT2D eigenvalue weighted by Crippen LogP contribution is 2.50. The van der Waals surface area contributed by atoms with Gasteiger partial charge in [0.2, 0.25) is 0 Å². The van der Waals surface area contributed by atoms with E-state index in [4.69, 9.17) is 9.15 Å². The molecule has 5 unspecified atom stereocenters. The molecule has 0 radical (unpaired) electrons. The van der Waals surface area contributed by atoms with Crippen LogP contribution in [0.2, 0.25) is 0 Å². The molecule has 2 heterocycles. The molecular weight excluding hydrogens is 743 g/mol. The van der Waals surface area contributed by atoms with Crippen LogP contribution in [0, 0.1) is 5.92 Å². The summed E-state index contributed by atoms with van der Waals surface area (Å²) in [5.74, 6) is 3.28. The second-order valence-electron chi connectivity index (χ2n) is 18.8. The topological polar surface area (TPSA) is 25.6 Å². The molecule has 0 bridgehead atoms. The molecule has 0 fully saturated rings. The quantitative estimate of drug-likeness (QED) is 0.238. The number of anilines is 1. The van der Waals surface area contributed by atoms with E-state index < -0.39 is 0 Å². The molecule has 6 atom stereocenters. The highest BCUT2D eigenvalue weighted by molar-refractivity contribution is 5.71. The molecule has 0 saturated heterocycles. The number of hydrogen-bond donors (Lipinski definition) is 0. The Morgan fingerprint density at radius 3 is 2.39 bits per heavy atom. The van der Waals surface area contributed by atoms with Gasteiger partial charge in [-0.25, -0.2) is 0 Å². The first-order valence-corrected chi connectivity index (χ1v) is 23.6. The van der Waals surface area contributed by atoms with Gasteiger partial charge in [0.25, 0.3) is 0 Å². The van der Waals surface area contributed by atoms with E-state index in [0.717, 1.165) is 74.7 Å². The van der Waals surface area contributed by atoms with Crippen molar-refractivity contribution in [1.29, 1.82) is 0 Å². The molecule has 12 rings (SSSR count). The fourth-order valence-corrected chi connectivity index (χ4v) is 12.1. The van der Waals surface area contributed by atoms with Crippen LogP contribution in [0.25, 0.3) is 23.8 Å². The molecule has 8 aliphatic carbocycles. The molecule has 61 heavy (non-hydrogen) atoms. The van der Waals surface area contributed by atoms with Gasteiger partial charge in [0.1, 0.15) is 23.0 Å². The van der Waals surface area contributed by atoms with E-state index >= 15 is 0 Å². The van der Waals surface area contributed by atoms with E-state index in [-0.39, 0.29) is 6.10 Å². The SMILES string of the molecule is C1=CCC(c2cccc3c2OC2CCC(c4ccc(N(C5C=CC(C6C=c7oc8c(c7=CC6)CCC=C8)=CC5)[C@H]5CC=C(C6=CC7=C(C=CCC7)CC6)CC5)cc4)=CC32)C=C1. The van der Waals surface area contributed by atoms with Crippen molar-refractivity contribution in [2.45, 2.75) is 120 Å². The largest absolute Gasteiger partial charge is 0.489 e. The maximum Gasteiger partial charge on any atom is 0.131 e. The van der Waals surface area contributed by atoms with Gasteiger partial charge in [-0.1, -0.05) is 115 Å². The summed E-state index contributed by atoms with van der Waals surface area (Å²) in [5.41, 5.74) is 17.1. The smallest absolute Gasteiger partial charge is 0.131 e. The molecule has 0 spiro atoms. The molecule has 306 valence electrons. The molecule has 3 nitrogen and oxygen atoms in total. The van der Waals surface area contributed by atoms with Crippen LogP contribution in [0.15, 0.2) is 154 Å². The Kier molecular flexibility index (Phi) is 9.61. The lowest BCUT2D eigenvalue weighted by atomic mass is 9.80. The van der Waals surface area contributed by atoms with Gasteiger partial charge in [0.15, 0.2) is 0 Å². The Morgan fingerprint density at radius 2 is 1.52 bits per heavy atom. The molecule has 2 aromatic carbocycles. The third kappa shape index (κ3) is 6.89. The maximum absolute atomic E-state index is 6.77. The summed E-state index contributed by atoms with van der Waals surface area (Å²) in [4.78, 5) is 2.78. The number of para-hydroxylation sites is 1. The first kappa shape index (κ1) is 37.2. The van der Waals surface area contributed by atoms with Gasteiger partial charge in [-0.2, -0.15) is 0 Å². The minimum absolute atomic E-state index is 0.230. The summed E-state index contributed by atoms with van der Waals surface area (Å²) < 4.78 is 13.1. The van der Waals surface area contributed by atoms with E-state index in [0.29, 0.717) is 29.8 Å². The van der Waals surface area contributed by atoms with Gasteiger partial charge in [-0.15, -0.1) is 0 Å². The summed E-state index contributed by atoms with van der Waals surface area (Å²) in [6, 6.07) is 17.3. The van der Waals surface area contributed by atoms with Crippen LogP contribution >= 0.6 is 0 Å². The van der Waals surface area contributed by atoms with E-state index in [1.165, 1.54) is 76.4 Å². The molecule has 1 aromatic heterocycles. The Labute approximate surface area is 361 Å². The van der Waals surface area contributed by atoms with Crippen LogP contribution in [-0.4, -0.2) is 18.2 Å². The van der Waals surface area contributed by atoms with Crippen LogP contribution in [0.5, 0.6) is 5.75 Å². The van der Waals surface area contributed by atoms with Gasteiger partial charge in [-0.3, -0.25) is 0 Å². The summed E-state index contributed by atoms with van der Waals surface area (Å²) in [6.45, 7) is 0. The van der Waals surface area contributed by atoms with Gasteiger partial charge < -0.3 is 14.1 Å². The van der Waals surface area contributed by atoms with E-state index in [1.807, 2.05) is 0 Å². The number of nitrogens with zero attached hydrogens (tertiary/aromatic N) is 1. The minimum Gasteiger partial charge on any atom is -0.489 e. The standard InChI is InChI=1S/C58H57NO2/c1-2-10-42(11-3-1)50-14-8-15-53-54-36-45(26-34-56(54)61-58(50)53)40-21-29-48(30-22-40)59(47-27-19-39(20-28-47)44-18-17-38-9-4-5-12-43(38)35-44)49-31-23-41(24-32-49)46-25-33-52-51-13-6-7-16-55(51)60-57(52)37-46/h1-4,7-10,14-16,19,21-24,29-31,33,35-37,42,46-47,49,54,56H,5-6,11-13,17-18,20,25-28,32,34H2/t42?,46?,47-,49?,54?,56?/m0/s1. The summed E-state index contributed by atoms with van der Waals surface area (Å²) in [5, 5.41) is 1.34. The number of rotatable bonds is 7. The van der Waals surface area contributed by atoms with Crippen molar-refractivity contribution < 1.29 is 9.15 Å². The van der Waals surface area contributed by atoms with Crippen molar-refractivity contribution in [2.24, 2.45) is 5.92 Å². The van der Waals surface area contributed by atoms with Crippen molar-refractivity contribution in [1.82, 2.24) is 0 Å². The highest BCUT2D eigenvalue weighted by atomic mass is 16.5. The van der Waals surface area contributed by atoms with Crippen molar-refractivity contribution >= 4 is 29.5 Å². The molecule has 3 heteroatoms. The van der Waals surface area contributed by atoms with E-state index in [9.17, 15) is 0 Å². The van der Waals surface area contributed by atoms with Crippen molar-refractivity contribution in [2.75, 3.05) is 4.90 Å². The first-order chi connectivity index (χ1) is 30.2. The van der Waals surface area contributed by atoms with Gasteiger partial charge in [-0.05, 0) is 153 Å². The lowest BCUT2D eigenvalue weighted by Gasteiger charge is -2.41. The predicted molar refractivity (Wildman–Crippen MR) is 252 cm³/mol. The third-order valence-corrected chi connectivity index (χ3v) is 15.4. The monoisotopic (exact) mass is 799 g/mol. The van der Waals surface area contributed by atoms with Crippen LogP contribution in [-0.2, 0) is 6.42 Å². The van der Waals surface area contributed by atoms with Crippen LogP contribution in [0.3, 0.4) is 0 Å². The molecule has 0 saturated carbocycles. The molecule has 9 aliphatic rings. The number of furan rings is 1. The zero-order valence-electron chi connectivity index (χ0n) is 35.4. The minimum atomic E-state index is 0.230. The van der Waals surface area contributed by atoms with Crippen LogP contribution in [0.1, 0.15) is 123 Å². The summed E-state index contributed by atoms with van der Waals surface area (Å²) in [6.07, 6.45) is 54.0. The molecule has 0 amide bonds. The number of ether oxygens (including phenoxy) is 1. The Hall–Kier alpha value is -5.54. The van der Waals surface area contributed by atoms with Gasteiger partial charge in [0.05, 0.1) is 6.04 Å². The maximum atomic E-state index is 6.77. The summed E-state index contributed by atoms with van der Waals surface area (Å²) >= 11 is 0. The second kappa shape index (κ2) is 15.7. The molecule has 1 aliphatic heterocycles. The fraction of sp³-hybridized carbons (Fsp3) is 0.345. The first-order valence-electron chi connectivity index (χ1n) is 23.6.